The molecule has 2 saturated heterocycles. The Balaban J connectivity index is 0.000000172. The molecule has 22 heteroatoms. The number of benzene rings is 2. The highest BCUT2D eigenvalue weighted by Gasteiger charge is 2.38. The maximum Gasteiger partial charge on any atom is 0.251 e. The van der Waals surface area contributed by atoms with Gasteiger partial charge in [0.25, 0.3) is 11.1 Å². The summed E-state index contributed by atoms with van der Waals surface area (Å²) in [5, 5.41) is 19.7. The zero-order valence-electron chi connectivity index (χ0n) is 46.7. The number of amides is 4. The molecule has 4 N–H and O–H groups in total. The SMILES string of the molecule is CC(C)(C)CN1Cc2c(cc(Cl)c3[nH]ncc23)C[C@@H](CC(=O)N2CCC(c3cc4sc(Cl)cc4[nH]c3=O)CC2)C1=O.CC(C)(C)CN1Cc2c(cc(Cl)c3[nH]ncc23)C[C@@H](CC(=O)N2CCC(c3cc4scc(Cl)c4[nH]c3=O)CC2)C1=O. The van der Waals surface area contributed by atoms with E-state index in [0.29, 0.717) is 116 Å². The van der Waals surface area contributed by atoms with Crippen LogP contribution in [0.3, 0.4) is 0 Å². The molecule has 0 radical (unpaired) electrons. The van der Waals surface area contributed by atoms with Crippen molar-refractivity contribution in [3.8, 4) is 0 Å². The van der Waals surface area contributed by atoms with Gasteiger partial charge in [-0.2, -0.15) is 10.2 Å². The lowest BCUT2D eigenvalue weighted by Gasteiger charge is -2.34. The van der Waals surface area contributed by atoms with Gasteiger partial charge in [-0.05, 0) is 114 Å². The number of nitrogens with one attached hydrogen (secondary N) is 4. The molecule has 12 rings (SSSR count). The van der Waals surface area contributed by atoms with Crippen molar-refractivity contribution < 1.29 is 19.2 Å². The third kappa shape index (κ3) is 12.1. The average molecular weight is 1230 g/mol. The normalized spacial score (nSPS) is 18.8. The molecule has 6 aromatic heterocycles. The van der Waals surface area contributed by atoms with E-state index >= 15 is 0 Å². The Morgan fingerprint density at radius 2 is 1.05 bits per heavy atom. The molecule has 8 aromatic rings. The Hall–Kier alpha value is -5.76. The van der Waals surface area contributed by atoms with E-state index in [-0.39, 0.29) is 70.3 Å². The topological polar surface area (TPSA) is 204 Å². The summed E-state index contributed by atoms with van der Waals surface area (Å²) in [6.45, 7) is 17.0. The van der Waals surface area contributed by atoms with Crippen molar-refractivity contribution in [3.05, 3.63) is 122 Å². The monoisotopic (exact) mass is 1230 g/mol. The third-order valence-corrected chi connectivity index (χ3v) is 19.7. The molecule has 4 amide bonds. The number of thiophene rings is 2. The first-order chi connectivity index (χ1) is 38.9. The van der Waals surface area contributed by atoms with Crippen LogP contribution in [-0.4, -0.2) is 113 Å². The van der Waals surface area contributed by atoms with E-state index in [4.69, 9.17) is 46.4 Å². The summed E-state index contributed by atoms with van der Waals surface area (Å²) in [7, 11) is 0. The van der Waals surface area contributed by atoms with Crippen molar-refractivity contribution in [2.75, 3.05) is 39.3 Å². The van der Waals surface area contributed by atoms with Gasteiger partial charge in [0.2, 0.25) is 23.6 Å². The van der Waals surface area contributed by atoms with Gasteiger partial charge in [0, 0.05) is 92.5 Å². The molecule has 2 aromatic carbocycles. The highest BCUT2D eigenvalue weighted by atomic mass is 35.5. The molecule has 82 heavy (non-hydrogen) atoms. The minimum Gasteiger partial charge on any atom is -0.343 e. The number of likely N-dealkylation sites (tertiary alicyclic amines) is 2. The van der Waals surface area contributed by atoms with E-state index in [0.717, 1.165) is 70.1 Å². The zero-order valence-corrected chi connectivity index (χ0v) is 51.4. The maximum absolute atomic E-state index is 13.9. The third-order valence-electron chi connectivity index (χ3n) is 16.6. The molecule has 0 spiro atoms. The van der Waals surface area contributed by atoms with Crippen LogP contribution in [0.2, 0.25) is 19.4 Å². The minimum absolute atomic E-state index is 0.00146. The molecule has 0 aliphatic carbocycles. The molecule has 0 bridgehead atoms. The van der Waals surface area contributed by atoms with E-state index < -0.39 is 11.8 Å². The molecule has 2 fully saturated rings. The van der Waals surface area contributed by atoms with Crippen molar-refractivity contribution in [2.45, 2.75) is 118 Å². The summed E-state index contributed by atoms with van der Waals surface area (Å²) < 4.78 is 2.56. The van der Waals surface area contributed by atoms with Crippen LogP contribution in [0.1, 0.15) is 125 Å². The second-order valence-corrected chi connectivity index (χ2v) is 28.9. The molecular formula is C60H66Cl4N10O6S2. The number of rotatable bonds is 8. The Morgan fingerprint density at radius 3 is 1.51 bits per heavy atom. The number of hydrogen-bond acceptors (Lipinski definition) is 10. The van der Waals surface area contributed by atoms with E-state index in [9.17, 15) is 28.8 Å². The summed E-state index contributed by atoms with van der Waals surface area (Å²) in [6.07, 6.45) is 7.53. The van der Waals surface area contributed by atoms with Crippen molar-refractivity contribution in [3.63, 3.8) is 0 Å². The Kier molecular flexibility index (Phi) is 16.3. The van der Waals surface area contributed by atoms with Crippen molar-refractivity contribution in [1.29, 1.82) is 0 Å². The van der Waals surface area contributed by atoms with E-state index in [1.54, 1.807) is 18.5 Å². The Morgan fingerprint density at radius 1 is 0.598 bits per heavy atom. The average Bonchev–Trinajstić information content (AvgIpc) is 3.83. The summed E-state index contributed by atoms with van der Waals surface area (Å²) in [5.41, 5.74) is 8.13. The van der Waals surface area contributed by atoms with Gasteiger partial charge in [0.1, 0.15) is 0 Å². The minimum atomic E-state index is -0.474. The molecule has 2 atom stereocenters. The fraction of sp³-hybridized carbons (Fsp3) is 0.467. The predicted octanol–water partition coefficient (Wildman–Crippen LogP) is 12.2. The Bertz CT molecular complexity index is 3760. The van der Waals surface area contributed by atoms with E-state index in [2.05, 4.69) is 71.9 Å². The molecular weight excluding hydrogens is 1160 g/mol. The van der Waals surface area contributed by atoms with Crippen LogP contribution in [-0.2, 0) is 45.1 Å². The van der Waals surface area contributed by atoms with Gasteiger partial charge < -0.3 is 29.6 Å². The summed E-state index contributed by atoms with van der Waals surface area (Å²) in [6, 6.07) is 9.50. The molecule has 16 nitrogen and oxygen atoms in total. The second kappa shape index (κ2) is 23.0. The maximum atomic E-state index is 13.9. The van der Waals surface area contributed by atoms with Crippen molar-refractivity contribution in [2.24, 2.45) is 22.7 Å². The number of pyridine rings is 2. The van der Waals surface area contributed by atoms with Gasteiger partial charge in [-0.3, -0.25) is 39.0 Å². The van der Waals surface area contributed by atoms with Gasteiger partial charge in [0.15, 0.2) is 0 Å². The largest absolute Gasteiger partial charge is 0.343 e. The van der Waals surface area contributed by atoms with Crippen molar-refractivity contribution in [1.82, 2.24) is 50.0 Å². The highest BCUT2D eigenvalue weighted by Crippen LogP contribution is 2.40. The standard InChI is InChI=1S/2C30H33Cl2N5O3S/c1-30(2,3)15-37-14-21-17(9-22(31)27-20(21)13-33-35-27)8-18(29(37)40)10-26(38)36-6-4-16(5-7-36)19-11-24-23(34-28(19)39)12-25(32)41-24;1-30(2,3)15-37-13-21-17(9-22(31)26-20(21)12-33-35-26)8-18(29(37)40)10-25(38)36-6-4-16(5-7-36)19-11-24-27(34-28(19)39)23(32)14-41-24/h9,11-13,16,18H,4-8,10,14-15H2,1-3H3,(H,33,35)(H,34,39);9,11-12,14,16,18H,4-8,10,13,15H2,1-3H3,(H,33,35)(H,34,39)/t2*18-/m00/s1. The first-order valence-corrected chi connectivity index (χ1v) is 31.2. The summed E-state index contributed by atoms with van der Waals surface area (Å²) in [5.74, 6) is -0.849. The number of carbonyl (C=O) groups is 4. The lowest BCUT2D eigenvalue weighted by atomic mass is 9.89. The zero-order chi connectivity index (χ0) is 58.1. The number of fused-ring (bicyclic) bond motifs is 8. The lowest BCUT2D eigenvalue weighted by molar-refractivity contribution is -0.142. The number of aromatic nitrogens is 6. The predicted molar refractivity (Wildman–Crippen MR) is 328 cm³/mol. The van der Waals surface area contributed by atoms with Crippen LogP contribution in [0.25, 0.3) is 42.2 Å². The van der Waals surface area contributed by atoms with E-state index in [1.807, 2.05) is 49.2 Å². The van der Waals surface area contributed by atoms with Crippen LogP contribution in [0.15, 0.2) is 57.7 Å². The van der Waals surface area contributed by atoms with Crippen LogP contribution in [0.5, 0.6) is 0 Å². The number of hydrogen-bond donors (Lipinski definition) is 4. The summed E-state index contributed by atoms with van der Waals surface area (Å²) in [4.78, 5) is 93.9. The van der Waals surface area contributed by atoms with Crippen LogP contribution < -0.4 is 11.1 Å². The van der Waals surface area contributed by atoms with Crippen LogP contribution in [0.4, 0.5) is 0 Å². The molecule has 10 heterocycles. The number of halogens is 4. The first-order valence-electron chi connectivity index (χ1n) is 28.0. The smallest absolute Gasteiger partial charge is 0.251 e. The van der Waals surface area contributed by atoms with Gasteiger partial charge in [-0.25, -0.2) is 0 Å². The molecule has 0 unspecified atom stereocenters. The quantitative estimate of drug-likeness (QED) is 0.115. The lowest BCUT2D eigenvalue weighted by Crippen LogP contribution is -2.43. The van der Waals surface area contributed by atoms with Gasteiger partial charge in [-0.15, -0.1) is 22.7 Å². The molecule has 4 aliphatic rings. The van der Waals surface area contributed by atoms with Gasteiger partial charge >= 0.3 is 0 Å². The van der Waals surface area contributed by atoms with Crippen LogP contribution in [0, 0.1) is 22.7 Å². The molecule has 432 valence electrons. The number of piperidine rings is 2. The number of carbonyl (C=O) groups excluding carboxylic acids is 4. The number of H-pyrrole nitrogens is 4. The van der Waals surface area contributed by atoms with E-state index in [1.165, 1.54) is 22.7 Å². The Labute approximate surface area is 502 Å². The molecule has 0 saturated carbocycles. The molecule has 4 aliphatic heterocycles. The van der Waals surface area contributed by atoms with Crippen LogP contribution >= 0.6 is 69.1 Å². The van der Waals surface area contributed by atoms with Gasteiger partial charge in [-0.1, -0.05) is 87.9 Å². The fourth-order valence-electron chi connectivity index (χ4n) is 12.7. The van der Waals surface area contributed by atoms with Crippen molar-refractivity contribution >= 4 is 135 Å². The number of aromatic amines is 4. The fourth-order valence-corrected chi connectivity index (χ4v) is 15.6. The first kappa shape index (κ1) is 58.0. The van der Waals surface area contributed by atoms with Gasteiger partial charge in [0.05, 0.1) is 75.1 Å². The summed E-state index contributed by atoms with van der Waals surface area (Å²) >= 11 is 28.4. The second-order valence-electron chi connectivity index (χ2n) is 25.1. The highest BCUT2D eigenvalue weighted by molar-refractivity contribution is 7.22. The number of nitrogens with zero attached hydrogens (tertiary/aromatic N) is 6.